The van der Waals surface area contributed by atoms with Gasteiger partial charge in [-0.05, 0) is 25.7 Å². The van der Waals surface area contributed by atoms with Crippen LogP contribution in [0.1, 0.15) is 30.5 Å². The molecule has 0 saturated heterocycles. The molecule has 0 aromatic carbocycles. The summed E-state index contributed by atoms with van der Waals surface area (Å²) < 4.78 is 0. The molecule has 1 aromatic heterocycles. The predicted molar refractivity (Wildman–Crippen MR) is 55.9 cm³/mol. The molecule has 2 atom stereocenters. The minimum absolute atomic E-state index is 0.740. The zero-order valence-corrected chi connectivity index (χ0v) is 9.03. The second-order valence-electron chi connectivity index (χ2n) is 3.92. The number of thiazole rings is 1. The molecule has 1 N–H and O–H groups in total. The molecule has 0 aliphatic heterocycles. The van der Waals surface area contributed by atoms with Gasteiger partial charge in [0.15, 0.2) is 0 Å². The molecule has 0 spiro atoms. The van der Waals surface area contributed by atoms with E-state index < -0.39 is 0 Å². The highest BCUT2D eigenvalue weighted by atomic mass is 32.1. The van der Waals surface area contributed by atoms with E-state index >= 15 is 0 Å². The molecule has 3 heteroatoms. The SMILES string of the molecule is Cc1csc(CNC2CCC2C)n1. The number of rotatable bonds is 3. The molecule has 1 saturated carbocycles. The molecule has 13 heavy (non-hydrogen) atoms. The number of aryl methyl sites for hydroxylation is 1. The average molecular weight is 196 g/mol. The van der Waals surface area contributed by atoms with Gasteiger partial charge >= 0.3 is 0 Å². The number of nitrogens with one attached hydrogen (secondary N) is 1. The van der Waals surface area contributed by atoms with Gasteiger partial charge in [0.2, 0.25) is 0 Å². The second-order valence-corrected chi connectivity index (χ2v) is 4.87. The van der Waals surface area contributed by atoms with E-state index in [1.165, 1.54) is 17.8 Å². The molecule has 1 heterocycles. The monoisotopic (exact) mass is 196 g/mol. The Kier molecular flexibility index (Phi) is 2.65. The number of hydrogen-bond donors (Lipinski definition) is 1. The number of nitrogens with zero attached hydrogens (tertiary/aromatic N) is 1. The highest BCUT2D eigenvalue weighted by molar-refractivity contribution is 7.09. The van der Waals surface area contributed by atoms with Crippen molar-refractivity contribution in [1.29, 1.82) is 0 Å². The summed E-state index contributed by atoms with van der Waals surface area (Å²) in [6.45, 7) is 5.31. The van der Waals surface area contributed by atoms with Crippen molar-refractivity contribution in [1.82, 2.24) is 10.3 Å². The average Bonchev–Trinajstić information content (AvgIpc) is 2.49. The van der Waals surface area contributed by atoms with Crippen LogP contribution in [-0.2, 0) is 6.54 Å². The summed E-state index contributed by atoms with van der Waals surface area (Å²) in [5.74, 6) is 0.862. The van der Waals surface area contributed by atoms with Crippen LogP contribution in [0, 0.1) is 12.8 Å². The smallest absolute Gasteiger partial charge is 0.107 e. The topological polar surface area (TPSA) is 24.9 Å². The van der Waals surface area contributed by atoms with Gasteiger partial charge in [0.05, 0.1) is 0 Å². The Balaban J connectivity index is 1.79. The van der Waals surface area contributed by atoms with E-state index in [9.17, 15) is 0 Å². The molecule has 0 amide bonds. The van der Waals surface area contributed by atoms with Gasteiger partial charge in [-0.3, -0.25) is 0 Å². The molecule has 1 fully saturated rings. The van der Waals surface area contributed by atoms with Gasteiger partial charge in [-0.15, -0.1) is 11.3 Å². The molecule has 2 nitrogen and oxygen atoms in total. The van der Waals surface area contributed by atoms with E-state index in [0.29, 0.717) is 0 Å². The van der Waals surface area contributed by atoms with Crippen LogP contribution in [0.4, 0.5) is 0 Å². The summed E-state index contributed by atoms with van der Waals surface area (Å²) in [5, 5.41) is 6.88. The fourth-order valence-corrected chi connectivity index (χ4v) is 2.39. The number of hydrogen-bond acceptors (Lipinski definition) is 3. The van der Waals surface area contributed by atoms with Crippen LogP contribution in [0.3, 0.4) is 0 Å². The molecule has 1 aliphatic rings. The first-order valence-electron chi connectivity index (χ1n) is 4.90. The normalized spacial score (nSPS) is 27.2. The molecule has 0 radical (unpaired) electrons. The van der Waals surface area contributed by atoms with Crippen molar-refractivity contribution in [3.63, 3.8) is 0 Å². The van der Waals surface area contributed by atoms with E-state index in [1.807, 2.05) is 6.92 Å². The molecule has 2 rings (SSSR count). The molecular weight excluding hydrogens is 180 g/mol. The minimum atomic E-state index is 0.740. The van der Waals surface area contributed by atoms with Crippen molar-refractivity contribution in [3.8, 4) is 0 Å². The number of aromatic nitrogens is 1. The molecule has 0 bridgehead atoms. The van der Waals surface area contributed by atoms with Crippen LogP contribution < -0.4 is 5.32 Å². The van der Waals surface area contributed by atoms with Crippen LogP contribution >= 0.6 is 11.3 Å². The zero-order chi connectivity index (χ0) is 9.26. The third-order valence-corrected chi connectivity index (χ3v) is 3.77. The zero-order valence-electron chi connectivity index (χ0n) is 8.21. The van der Waals surface area contributed by atoms with Crippen LogP contribution in [0.25, 0.3) is 0 Å². The Labute approximate surface area is 83.4 Å². The van der Waals surface area contributed by atoms with Crippen LogP contribution in [0.2, 0.25) is 0 Å². The van der Waals surface area contributed by atoms with Crippen LogP contribution in [-0.4, -0.2) is 11.0 Å². The summed E-state index contributed by atoms with van der Waals surface area (Å²) in [7, 11) is 0. The maximum atomic E-state index is 4.42. The van der Waals surface area contributed by atoms with Gasteiger partial charge in [0.25, 0.3) is 0 Å². The van der Waals surface area contributed by atoms with Gasteiger partial charge in [-0.25, -0.2) is 4.98 Å². The summed E-state index contributed by atoms with van der Waals surface area (Å²) >= 11 is 1.75. The Morgan fingerprint density at radius 1 is 1.62 bits per heavy atom. The van der Waals surface area contributed by atoms with Crippen molar-refractivity contribution < 1.29 is 0 Å². The highest BCUT2D eigenvalue weighted by Crippen LogP contribution is 2.26. The lowest BCUT2D eigenvalue weighted by atomic mass is 9.81. The van der Waals surface area contributed by atoms with Crippen molar-refractivity contribution in [3.05, 3.63) is 16.1 Å². The largest absolute Gasteiger partial charge is 0.307 e. The van der Waals surface area contributed by atoms with Gasteiger partial charge < -0.3 is 5.32 Å². The van der Waals surface area contributed by atoms with Crippen molar-refractivity contribution >= 4 is 11.3 Å². The maximum Gasteiger partial charge on any atom is 0.107 e. The summed E-state index contributed by atoms with van der Waals surface area (Å²) in [6, 6.07) is 0.740. The fourth-order valence-electron chi connectivity index (χ4n) is 1.67. The van der Waals surface area contributed by atoms with E-state index in [0.717, 1.165) is 24.2 Å². The third-order valence-electron chi connectivity index (χ3n) is 2.80. The van der Waals surface area contributed by atoms with E-state index in [2.05, 4.69) is 22.6 Å². The van der Waals surface area contributed by atoms with Gasteiger partial charge in [-0.2, -0.15) is 0 Å². The van der Waals surface area contributed by atoms with E-state index in [1.54, 1.807) is 11.3 Å². The van der Waals surface area contributed by atoms with Gasteiger partial charge in [-0.1, -0.05) is 6.92 Å². The maximum absolute atomic E-state index is 4.42. The lowest BCUT2D eigenvalue weighted by Crippen LogP contribution is -2.41. The standard InChI is InChI=1S/C10H16N2S/c1-7-3-4-9(7)11-5-10-12-8(2)6-13-10/h6-7,9,11H,3-5H2,1-2H3. The Morgan fingerprint density at radius 3 is 2.92 bits per heavy atom. The third kappa shape index (κ3) is 2.09. The summed E-state index contributed by atoms with van der Waals surface area (Å²) in [6.07, 6.45) is 2.72. The molecule has 1 aromatic rings. The van der Waals surface area contributed by atoms with Crippen molar-refractivity contribution in [2.75, 3.05) is 0 Å². The molecule has 1 aliphatic carbocycles. The van der Waals surface area contributed by atoms with Crippen molar-refractivity contribution in [2.24, 2.45) is 5.92 Å². The lowest BCUT2D eigenvalue weighted by Gasteiger charge is -2.34. The Hall–Kier alpha value is -0.410. The Bertz CT molecular complexity index is 282. The first-order chi connectivity index (χ1) is 6.25. The van der Waals surface area contributed by atoms with Gasteiger partial charge in [0.1, 0.15) is 5.01 Å². The molecule has 2 unspecified atom stereocenters. The lowest BCUT2D eigenvalue weighted by molar-refractivity contribution is 0.228. The minimum Gasteiger partial charge on any atom is -0.307 e. The summed E-state index contributed by atoms with van der Waals surface area (Å²) in [5.41, 5.74) is 1.14. The molecule has 72 valence electrons. The Morgan fingerprint density at radius 2 is 2.46 bits per heavy atom. The first-order valence-corrected chi connectivity index (χ1v) is 5.78. The highest BCUT2D eigenvalue weighted by Gasteiger charge is 2.25. The van der Waals surface area contributed by atoms with E-state index in [4.69, 9.17) is 0 Å². The van der Waals surface area contributed by atoms with Crippen LogP contribution in [0.5, 0.6) is 0 Å². The second kappa shape index (κ2) is 3.76. The first kappa shape index (κ1) is 9.16. The van der Waals surface area contributed by atoms with Gasteiger partial charge in [0, 0.05) is 23.7 Å². The fraction of sp³-hybridized carbons (Fsp3) is 0.700. The quantitative estimate of drug-likeness (QED) is 0.802. The summed E-state index contributed by atoms with van der Waals surface area (Å²) in [4.78, 5) is 4.42. The van der Waals surface area contributed by atoms with Crippen LogP contribution in [0.15, 0.2) is 5.38 Å². The molecular formula is C10H16N2S. The van der Waals surface area contributed by atoms with E-state index in [-0.39, 0.29) is 0 Å². The predicted octanol–water partition coefficient (Wildman–Crippen LogP) is 2.34. The van der Waals surface area contributed by atoms with Crippen molar-refractivity contribution in [2.45, 2.75) is 39.3 Å².